The van der Waals surface area contributed by atoms with E-state index in [2.05, 4.69) is 12.2 Å². The third-order valence-corrected chi connectivity index (χ3v) is 2.37. The SMILES string of the molecule is CCC1NC(c2ccco2)CCO1. The fraction of sp³-hybridized carbons (Fsp3) is 0.600. The van der Waals surface area contributed by atoms with Crippen LogP contribution in [0.5, 0.6) is 0 Å². The van der Waals surface area contributed by atoms with Gasteiger partial charge < -0.3 is 9.15 Å². The van der Waals surface area contributed by atoms with E-state index in [1.54, 1.807) is 6.26 Å². The zero-order valence-corrected chi connectivity index (χ0v) is 7.82. The van der Waals surface area contributed by atoms with E-state index in [1.165, 1.54) is 0 Å². The predicted octanol–water partition coefficient (Wildman–Crippen LogP) is 2.07. The Morgan fingerprint density at radius 2 is 2.54 bits per heavy atom. The first-order chi connectivity index (χ1) is 6.40. The Kier molecular flexibility index (Phi) is 2.66. The van der Waals surface area contributed by atoms with Gasteiger partial charge in [0.1, 0.15) is 12.0 Å². The van der Waals surface area contributed by atoms with E-state index in [-0.39, 0.29) is 6.23 Å². The fourth-order valence-electron chi connectivity index (χ4n) is 1.63. The first-order valence-electron chi connectivity index (χ1n) is 4.81. The van der Waals surface area contributed by atoms with E-state index in [0.29, 0.717) is 6.04 Å². The van der Waals surface area contributed by atoms with Crippen molar-refractivity contribution in [1.29, 1.82) is 0 Å². The second-order valence-electron chi connectivity index (χ2n) is 3.29. The maximum atomic E-state index is 5.50. The summed E-state index contributed by atoms with van der Waals surface area (Å²) < 4.78 is 10.9. The normalized spacial score (nSPS) is 29.0. The van der Waals surface area contributed by atoms with E-state index < -0.39 is 0 Å². The molecule has 0 saturated carbocycles. The summed E-state index contributed by atoms with van der Waals surface area (Å²) in [5, 5.41) is 3.39. The summed E-state index contributed by atoms with van der Waals surface area (Å²) in [6, 6.07) is 4.26. The van der Waals surface area contributed by atoms with Gasteiger partial charge in [-0.05, 0) is 25.0 Å². The van der Waals surface area contributed by atoms with Gasteiger partial charge in [0.15, 0.2) is 0 Å². The molecule has 0 bridgehead atoms. The average molecular weight is 181 g/mol. The monoisotopic (exact) mass is 181 g/mol. The lowest BCUT2D eigenvalue weighted by Gasteiger charge is -2.29. The Balaban J connectivity index is 2.00. The molecule has 3 nitrogen and oxygen atoms in total. The molecule has 2 unspecified atom stereocenters. The van der Waals surface area contributed by atoms with Crippen LogP contribution in [0.4, 0.5) is 0 Å². The van der Waals surface area contributed by atoms with Gasteiger partial charge in [-0.15, -0.1) is 0 Å². The number of hydrogen-bond acceptors (Lipinski definition) is 3. The van der Waals surface area contributed by atoms with Crippen LogP contribution in [0.2, 0.25) is 0 Å². The van der Waals surface area contributed by atoms with Crippen LogP contribution in [0.1, 0.15) is 31.6 Å². The summed E-state index contributed by atoms with van der Waals surface area (Å²) in [6.07, 6.45) is 3.89. The molecule has 2 heterocycles. The zero-order chi connectivity index (χ0) is 9.10. The summed E-state index contributed by atoms with van der Waals surface area (Å²) in [5.74, 6) is 1.02. The second kappa shape index (κ2) is 3.94. The minimum Gasteiger partial charge on any atom is -0.468 e. The summed E-state index contributed by atoms with van der Waals surface area (Å²) in [5.41, 5.74) is 0. The lowest BCUT2D eigenvalue weighted by molar-refractivity contribution is -0.0237. The highest BCUT2D eigenvalue weighted by atomic mass is 16.5. The minimum absolute atomic E-state index is 0.184. The number of furan rings is 1. The van der Waals surface area contributed by atoms with Crippen LogP contribution >= 0.6 is 0 Å². The molecule has 1 N–H and O–H groups in total. The molecule has 0 radical (unpaired) electrons. The van der Waals surface area contributed by atoms with Crippen LogP contribution < -0.4 is 5.32 Å². The molecule has 1 aromatic heterocycles. The second-order valence-corrected chi connectivity index (χ2v) is 3.29. The Bertz CT molecular complexity index is 245. The molecule has 1 fully saturated rings. The van der Waals surface area contributed by atoms with Crippen molar-refractivity contribution in [3.63, 3.8) is 0 Å². The van der Waals surface area contributed by atoms with Crippen LogP contribution in [0, 0.1) is 0 Å². The molecule has 2 rings (SSSR count). The summed E-state index contributed by atoms with van der Waals surface area (Å²) in [7, 11) is 0. The van der Waals surface area contributed by atoms with E-state index in [9.17, 15) is 0 Å². The van der Waals surface area contributed by atoms with E-state index in [4.69, 9.17) is 9.15 Å². The minimum atomic E-state index is 0.184. The average Bonchev–Trinajstić information content (AvgIpc) is 2.71. The molecule has 72 valence electrons. The van der Waals surface area contributed by atoms with Gasteiger partial charge in [-0.25, -0.2) is 0 Å². The van der Waals surface area contributed by atoms with Crippen molar-refractivity contribution in [3.05, 3.63) is 24.2 Å². The molecule has 13 heavy (non-hydrogen) atoms. The van der Waals surface area contributed by atoms with Crippen LogP contribution in [-0.4, -0.2) is 12.8 Å². The van der Waals surface area contributed by atoms with Gasteiger partial charge >= 0.3 is 0 Å². The number of nitrogens with one attached hydrogen (secondary N) is 1. The van der Waals surface area contributed by atoms with Gasteiger partial charge in [0.05, 0.1) is 18.9 Å². The first-order valence-corrected chi connectivity index (χ1v) is 4.81. The number of hydrogen-bond donors (Lipinski definition) is 1. The van der Waals surface area contributed by atoms with Crippen LogP contribution in [-0.2, 0) is 4.74 Å². The van der Waals surface area contributed by atoms with Crippen molar-refractivity contribution in [2.75, 3.05) is 6.61 Å². The van der Waals surface area contributed by atoms with Crippen molar-refractivity contribution in [1.82, 2.24) is 5.32 Å². The van der Waals surface area contributed by atoms with Crippen molar-refractivity contribution < 1.29 is 9.15 Å². The molecule has 1 aliphatic rings. The Morgan fingerprint density at radius 3 is 3.23 bits per heavy atom. The number of rotatable bonds is 2. The predicted molar refractivity (Wildman–Crippen MR) is 49.2 cm³/mol. The van der Waals surface area contributed by atoms with Crippen molar-refractivity contribution in [2.45, 2.75) is 32.0 Å². The Hall–Kier alpha value is -0.800. The smallest absolute Gasteiger partial charge is 0.120 e. The third-order valence-electron chi connectivity index (χ3n) is 2.37. The molecule has 1 aliphatic heterocycles. The summed E-state index contributed by atoms with van der Waals surface area (Å²) >= 11 is 0. The van der Waals surface area contributed by atoms with Crippen molar-refractivity contribution in [2.24, 2.45) is 0 Å². The van der Waals surface area contributed by atoms with Crippen LogP contribution in [0.15, 0.2) is 22.8 Å². The molecular weight excluding hydrogens is 166 g/mol. The van der Waals surface area contributed by atoms with E-state index >= 15 is 0 Å². The van der Waals surface area contributed by atoms with E-state index in [1.807, 2.05) is 12.1 Å². The highest BCUT2D eigenvalue weighted by Gasteiger charge is 2.22. The van der Waals surface area contributed by atoms with E-state index in [0.717, 1.165) is 25.2 Å². The van der Waals surface area contributed by atoms with Crippen molar-refractivity contribution >= 4 is 0 Å². The molecule has 3 heteroatoms. The summed E-state index contributed by atoms with van der Waals surface area (Å²) in [6.45, 7) is 2.93. The zero-order valence-electron chi connectivity index (χ0n) is 7.82. The third kappa shape index (κ3) is 1.92. The van der Waals surface area contributed by atoms with Gasteiger partial charge in [0.25, 0.3) is 0 Å². The van der Waals surface area contributed by atoms with Crippen LogP contribution in [0.3, 0.4) is 0 Å². The van der Waals surface area contributed by atoms with Crippen molar-refractivity contribution in [3.8, 4) is 0 Å². The maximum absolute atomic E-state index is 5.50. The molecule has 1 saturated heterocycles. The Labute approximate surface area is 78.1 Å². The highest BCUT2D eigenvalue weighted by molar-refractivity contribution is 5.05. The lowest BCUT2D eigenvalue weighted by Crippen LogP contribution is -2.39. The van der Waals surface area contributed by atoms with Gasteiger partial charge in [-0.3, -0.25) is 5.32 Å². The lowest BCUT2D eigenvalue weighted by atomic mass is 10.1. The number of ether oxygens (including phenoxy) is 1. The highest BCUT2D eigenvalue weighted by Crippen LogP contribution is 2.22. The van der Waals surface area contributed by atoms with Gasteiger partial charge in [-0.1, -0.05) is 6.92 Å². The quantitative estimate of drug-likeness (QED) is 0.758. The standard InChI is InChI=1S/C10H15NO2/c1-2-10-11-8(5-7-13-10)9-4-3-6-12-9/h3-4,6,8,10-11H,2,5,7H2,1H3. The largest absolute Gasteiger partial charge is 0.468 e. The first kappa shape index (κ1) is 8.78. The molecule has 1 aromatic rings. The molecular formula is C10H15NO2. The molecule has 0 aliphatic carbocycles. The maximum Gasteiger partial charge on any atom is 0.120 e. The molecule has 0 amide bonds. The van der Waals surface area contributed by atoms with Gasteiger partial charge in [-0.2, -0.15) is 0 Å². The molecule has 2 atom stereocenters. The van der Waals surface area contributed by atoms with Gasteiger partial charge in [0.2, 0.25) is 0 Å². The van der Waals surface area contributed by atoms with Crippen LogP contribution in [0.25, 0.3) is 0 Å². The Morgan fingerprint density at radius 1 is 1.62 bits per heavy atom. The fourth-order valence-corrected chi connectivity index (χ4v) is 1.63. The van der Waals surface area contributed by atoms with Gasteiger partial charge in [0, 0.05) is 0 Å². The topological polar surface area (TPSA) is 34.4 Å². The summed E-state index contributed by atoms with van der Waals surface area (Å²) in [4.78, 5) is 0. The molecule has 0 aromatic carbocycles. The molecule has 0 spiro atoms.